The van der Waals surface area contributed by atoms with Gasteiger partial charge >= 0.3 is 0 Å². The highest BCUT2D eigenvalue weighted by molar-refractivity contribution is 7.22. The number of thiazole rings is 1. The minimum absolute atomic E-state index is 0.0436. The molecule has 5 aromatic rings. The molecule has 0 unspecified atom stereocenters. The molecule has 0 spiro atoms. The average Bonchev–Trinajstić information content (AvgIpc) is 3.42. The maximum atomic E-state index is 13.5. The van der Waals surface area contributed by atoms with Crippen molar-refractivity contribution in [2.45, 2.75) is 13.0 Å². The number of nitrogens with zero attached hydrogens (tertiary/aromatic N) is 2. The van der Waals surface area contributed by atoms with E-state index in [0.29, 0.717) is 28.0 Å². The van der Waals surface area contributed by atoms with Crippen molar-refractivity contribution in [3.63, 3.8) is 0 Å². The maximum Gasteiger partial charge on any atom is 0.233 e. The number of para-hydroxylation sites is 1. The molecule has 2 aromatic heterocycles. The van der Waals surface area contributed by atoms with E-state index < -0.39 is 0 Å². The molecule has 0 bridgehead atoms. The topological polar surface area (TPSA) is 46.3 Å². The van der Waals surface area contributed by atoms with Gasteiger partial charge in [-0.1, -0.05) is 71.5 Å². The fourth-order valence-electron chi connectivity index (χ4n) is 3.54. The summed E-state index contributed by atoms with van der Waals surface area (Å²) in [5.74, 6) is 0.657. The summed E-state index contributed by atoms with van der Waals surface area (Å²) < 4.78 is 6.46. The summed E-state index contributed by atoms with van der Waals surface area (Å²) >= 11 is 7.77. The molecular formula is C24H17ClN2O2S. The number of aromatic nitrogens is 1. The third kappa shape index (κ3) is 3.58. The highest BCUT2D eigenvalue weighted by Gasteiger charge is 2.22. The second-order valence-electron chi connectivity index (χ2n) is 6.96. The van der Waals surface area contributed by atoms with Gasteiger partial charge in [-0.2, -0.15) is 0 Å². The molecule has 0 aliphatic rings. The summed E-state index contributed by atoms with van der Waals surface area (Å²) in [6.45, 7) is 0.314. The Bertz CT molecular complexity index is 1340. The zero-order chi connectivity index (χ0) is 20.5. The first kappa shape index (κ1) is 18.9. The smallest absolute Gasteiger partial charge is 0.233 e. The molecule has 0 saturated carbocycles. The number of furan rings is 1. The van der Waals surface area contributed by atoms with Gasteiger partial charge in [0.05, 0.1) is 29.0 Å². The van der Waals surface area contributed by atoms with E-state index in [9.17, 15) is 4.79 Å². The Hall–Kier alpha value is -3.15. The number of benzene rings is 3. The van der Waals surface area contributed by atoms with Gasteiger partial charge < -0.3 is 4.42 Å². The number of anilines is 1. The van der Waals surface area contributed by atoms with Crippen molar-refractivity contribution >= 4 is 55.0 Å². The Balaban J connectivity index is 1.53. The maximum absolute atomic E-state index is 13.5. The minimum Gasteiger partial charge on any atom is -0.467 e. The molecule has 3 aromatic carbocycles. The van der Waals surface area contributed by atoms with Crippen LogP contribution in [0.3, 0.4) is 0 Å². The first-order valence-corrected chi connectivity index (χ1v) is 10.7. The first-order chi connectivity index (χ1) is 14.7. The molecule has 0 saturated heterocycles. The van der Waals surface area contributed by atoms with Crippen LogP contribution in [0.25, 0.3) is 21.0 Å². The van der Waals surface area contributed by atoms with Gasteiger partial charge in [0.1, 0.15) is 11.3 Å². The van der Waals surface area contributed by atoms with Crippen LogP contribution in [0.4, 0.5) is 5.13 Å². The largest absolute Gasteiger partial charge is 0.467 e. The Kier molecular flexibility index (Phi) is 4.99. The van der Waals surface area contributed by atoms with E-state index in [1.807, 2.05) is 60.7 Å². The molecule has 0 fully saturated rings. The van der Waals surface area contributed by atoms with Gasteiger partial charge in [-0.3, -0.25) is 9.69 Å². The normalized spacial score (nSPS) is 11.2. The predicted molar refractivity (Wildman–Crippen MR) is 122 cm³/mol. The number of rotatable bonds is 5. The quantitative estimate of drug-likeness (QED) is 0.319. The van der Waals surface area contributed by atoms with Crippen LogP contribution < -0.4 is 4.90 Å². The van der Waals surface area contributed by atoms with Crippen LogP contribution in [0.2, 0.25) is 5.02 Å². The van der Waals surface area contributed by atoms with Gasteiger partial charge in [0.15, 0.2) is 5.13 Å². The van der Waals surface area contributed by atoms with Gasteiger partial charge in [-0.25, -0.2) is 4.98 Å². The van der Waals surface area contributed by atoms with Crippen molar-refractivity contribution < 1.29 is 9.21 Å². The lowest BCUT2D eigenvalue weighted by Gasteiger charge is -2.19. The zero-order valence-electron chi connectivity index (χ0n) is 15.9. The van der Waals surface area contributed by atoms with E-state index in [2.05, 4.69) is 17.1 Å². The predicted octanol–water partition coefficient (Wildman–Crippen LogP) is 6.47. The molecule has 148 valence electrons. The van der Waals surface area contributed by atoms with Gasteiger partial charge in [0, 0.05) is 0 Å². The second kappa shape index (κ2) is 7.94. The lowest BCUT2D eigenvalue weighted by Crippen LogP contribution is -2.31. The van der Waals surface area contributed by atoms with Crippen LogP contribution in [0, 0.1) is 0 Å². The molecule has 0 aliphatic heterocycles. The van der Waals surface area contributed by atoms with Crippen LogP contribution in [-0.4, -0.2) is 10.9 Å². The summed E-state index contributed by atoms with van der Waals surface area (Å²) in [6.07, 6.45) is 1.88. The molecule has 4 nitrogen and oxygen atoms in total. The van der Waals surface area contributed by atoms with E-state index in [1.54, 1.807) is 11.2 Å². The standard InChI is InChI=1S/C24H17ClN2O2S/c25-20-11-4-12-21-23(20)26-24(30-21)27(15-18-9-5-13-29-18)22(28)14-17-8-3-7-16-6-1-2-10-19(16)17/h1-13H,14-15H2. The number of halogens is 1. The summed E-state index contributed by atoms with van der Waals surface area (Å²) in [7, 11) is 0. The van der Waals surface area contributed by atoms with Crippen molar-refractivity contribution in [1.29, 1.82) is 0 Å². The third-order valence-corrected chi connectivity index (χ3v) is 6.35. The monoisotopic (exact) mass is 432 g/mol. The summed E-state index contributed by atoms with van der Waals surface area (Å²) in [6, 6.07) is 23.5. The SMILES string of the molecule is O=C(Cc1cccc2ccccc12)N(Cc1ccco1)c1nc2c(Cl)cccc2s1. The van der Waals surface area contributed by atoms with Crippen molar-refractivity contribution in [1.82, 2.24) is 4.98 Å². The van der Waals surface area contributed by atoms with Gasteiger partial charge in [0.25, 0.3) is 0 Å². The molecule has 0 atom stereocenters. The third-order valence-electron chi connectivity index (χ3n) is 5.01. The first-order valence-electron chi connectivity index (χ1n) is 9.53. The van der Waals surface area contributed by atoms with Crippen LogP contribution in [0.1, 0.15) is 11.3 Å². The van der Waals surface area contributed by atoms with Crippen LogP contribution in [0.5, 0.6) is 0 Å². The summed E-state index contributed by atoms with van der Waals surface area (Å²) in [4.78, 5) is 19.8. The number of fused-ring (bicyclic) bond motifs is 2. The average molecular weight is 433 g/mol. The Labute approximate surface area is 182 Å². The van der Waals surface area contributed by atoms with Crippen LogP contribution in [-0.2, 0) is 17.8 Å². The van der Waals surface area contributed by atoms with Crippen LogP contribution in [0.15, 0.2) is 83.5 Å². The van der Waals surface area contributed by atoms with Crippen molar-refractivity contribution in [2.24, 2.45) is 0 Å². The van der Waals surface area contributed by atoms with Gasteiger partial charge in [0.2, 0.25) is 5.91 Å². The number of hydrogen-bond acceptors (Lipinski definition) is 4. The van der Waals surface area contributed by atoms with Crippen molar-refractivity contribution in [3.05, 3.63) is 95.4 Å². The van der Waals surface area contributed by atoms with E-state index in [4.69, 9.17) is 16.0 Å². The minimum atomic E-state index is -0.0436. The van der Waals surface area contributed by atoms with E-state index in [0.717, 1.165) is 21.0 Å². The molecule has 0 radical (unpaired) electrons. The summed E-state index contributed by atoms with van der Waals surface area (Å²) in [5.41, 5.74) is 1.70. The molecule has 1 amide bonds. The second-order valence-corrected chi connectivity index (χ2v) is 8.37. The van der Waals surface area contributed by atoms with E-state index >= 15 is 0 Å². The Morgan fingerprint density at radius 1 is 1.00 bits per heavy atom. The number of carbonyl (C=O) groups is 1. The molecule has 0 N–H and O–H groups in total. The summed E-state index contributed by atoms with van der Waals surface area (Å²) in [5, 5.41) is 3.39. The highest BCUT2D eigenvalue weighted by Crippen LogP contribution is 2.34. The molecule has 0 aliphatic carbocycles. The van der Waals surface area contributed by atoms with Crippen molar-refractivity contribution in [2.75, 3.05) is 4.90 Å². The molecule has 30 heavy (non-hydrogen) atoms. The van der Waals surface area contributed by atoms with Crippen molar-refractivity contribution in [3.8, 4) is 0 Å². The fraction of sp³-hybridized carbons (Fsp3) is 0.0833. The molecule has 5 rings (SSSR count). The van der Waals surface area contributed by atoms with Crippen LogP contribution >= 0.6 is 22.9 Å². The highest BCUT2D eigenvalue weighted by atomic mass is 35.5. The Morgan fingerprint density at radius 2 is 1.83 bits per heavy atom. The lowest BCUT2D eigenvalue weighted by atomic mass is 10.0. The number of hydrogen-bond donors (Lipinski definition) is 0. The Morgan fingerprint density at radius 3 is 2.67 bits per heavy atom. The van der Waals surface area contributed by atoms with Gasteiger partial charge in [-0.05, 0) is 40.6 Å². The fourth-order valence-corrected chi connectivity index (χ4v) is 4.83. The molecular weight excluding hydrogens is 416 g/mol. The lowest BCUT2D eigenvalue weighted by molar-refractivity contribution is -0.118. The molecule has 2 heterocycles. The van der Waals surface area contributed by atoms with E-state index in [-0.39, 0.29) is 12.3 Å². The van der Waals surface area contributed by atoms with Gasteiger partial charge in [-0.15, -0.1) is 0 Å². The van der Waals surface area contributed by atoms with E-state index in [1.165, 1.54) is 11.3 Å². The zero-order valence-corrected chi connectivity index (χ0v) is 17.5. The molecule has 6 heteroatoms. The number of amides is 1. The number of carbonyl (C=O) groups excluding carboxylic acids is 1.